The van der Waals surface area contributed by atoms with E-state index >= 15 is 0 Å². The molecule has 0 bridgehead atoms. The lowest BCUT2D eigenvalue weighted by molar-refractivity contribution is 0.617. The molecular weight excluding hydrogens is 253 g/mol. The number of aromatic nitrogens is 2. The summed E-state index contributed by atoms with van der Waals surface area (Å²) in [6.45, 7) is 4.42. The molecule has 0 spiro atoms. The van der Waals surface area contributed by atoms with E-state index in [2.05, 4.69) is 4.98 Å². The lowest BCUT2D eigenvalue weighted by Gasteiger charge is -2.08. The maximum absolute atomic E-state index is 14.2. The second-order valence-electron chi connectivity index (χ2n) is 5.03. The van der Waals surface area contributed by atoms with Crippen molar-refractivity contribution in [2.45, 2.75) is 20.4 Å². The van der Waals surface area contributed by atoms with Gasteiger partial charge in [-0.2, -0.15) is 0 Å². The van der Waals surface area contributed by atoms with Crippen LogP contribution < -0.4 is 5.73 Å². The Morgan fingerprint density at radius 1 is 1.15 bits per heavy atom. The van der Waals surface area contributed by atoms with E-state index in [0.717, 1.165) is 16.6 Å². The van der Waals surface area contributed by atoms with E-state index < -0.39 is 0 Å². The molecule has 3 aromatic rings. The van der Waals surface area contributed by atoms with Crippen LogP contribution in [-0.4, -0.2) is 9.55 Å². The number of rotatable bonds is 2. The van der Waals surface area contributed by atoms with Crippen LogP contribution in [0.3, 0.4) is 0 Å². The Balaban J connectivity index is 2.22. The molecule has 0 unspecified atom stereocenters. The van der Waals surface area contributed by atoms with Crippen molar-refractivity contribution in [2.24, 2.45) is 5.73 Å². The summed E-state index contributed by atoms with van der Waals surface area (Å²) in [5.74, 6) is -0.287. The van der Waals surface area contributed by atoms with Crippen LogP contribution >= 0.6 is 0 Å². The van der Waals surface area contributed by atoms with Gasteiger partial charge in [0.2, 0.25) is 0 Å². The molecule has 4 heteroatoms. The Morgan fingerprint density at radius 3 is 2.60 bits per heavy atom. The summed E-state index contributed by atoms with van der Waals surface area (Å²) in [7, 11) is 0. The van der Waals surface area contributed by atoms with Crippen LogP contribution in [0.4, 0.5) is 4.39 Å². The van der Waals surface area contributed by atoms with Crippen molar-refractivity contribution in [1.82, 2.24) is 9.55 Å². The van der Waals surface area contributed by atoms with Gasteiger partial charge >= 0.3 is 0 Å². The molecule has 102 valence electrons. The highest BCUT2D eigenvalue weighted by Gasteiger charge is 2.10. The normalized spacial score (nSPS) is 11.2. The van der Waals surface area contributed by atoms with Crippen LogP contribution in [0.15, 0.2) is 36.7 Å². The molecule has 0 aliphatic heterocycles. The summed E-state index contributed by atoms with van der Waals surface area (Å²) < 4.78 is 16.0. The topological polar surface area (TPSA) is 43.8 Å². The third-order valence-corrected chi connectivity index (χ3v) is 3.67. The average Bonchev–Trinajstić information content (AvgIpc) is 2.82. The van der Waals surface area contributed by atoms with Crippen LogP contribution in [0.1, 0.15) is 16.7 Å². The second kappa shape index (κ2) is 4.72. The summed E-state index contributed by atoms with van der Waals surface area (Å²) in [6.07, 6.45) is 1.66. The Kier molecular flexibility index (Phi) is 3.03. The average molecular weight is 269 g/mol. The fraction of sp³-hybridized carbons (Fsp3) is 0.188. The molecule has 3 nitrogen and oxygen atoms in total. The van der Waals surface area contributed by atoms with Crippen molar-refractivity contribution < 1.29 is 4.39 Å². The van der Waals surface area contributed by atoms with Crippen molar-refractivity contribution >= 4 is 11.0 Å². The number of nitrogens with zero attached hydrogens (tertiary/aromatic N) is 2. The molecule has 0 aliphatic rings. The van der Waals surface area contributed by atoms with Gasteiger partial charge in [0.25, 0.3) is 0 Å². The third-order valence-electron chi connectivity index (χ3n) is 3.67. The molecule has 0 aliphatic carbocycles. The molecule has 3 rings (SSSR count). The Hall–Kier alpha value is -2.20. The zero-order valence-corrected chi connectivity index (χ0v) is 11.5. The predicted molar refractivity (Wildman–Crippen MR) is 78.4 cm³/mol. The standard InChI is InChI=1S/C16H16FN3/c1-10-5-14-16(6-11(10)2)20(9-19-14)15-4-3-12(8-18)7-13(15)17/h3-7,9H,8,18H2,1-2H3. The highest BCUT2D eigenvalue weighted by molar-refractivity contribution is 5.79. The van der Waals surface area contributed by atoms with E-state index in [1.54, 1.807) is 17.0 Å². The number of aryl methyl sites for hydroxylation is 2. The molecular formula is C16H16FN3. The highest BCUT2D eigenvalue weighted by atomic mass is 19.1. The van der Waals surface area contributed by atoms with Crippen LogP contribution in [0.25, 0.3) is 16.7 Å². The zero-order valence-electron chi connectivity index (χ0n) is 11.5. The summed E-state index contributed by atoms with van der Waals surface area (Å²) in [5, 5.41) is 0. The molecule has 0 saturated heterocycles. The summed E-state index contributed by atoms with van der Waals surface area (Å²) in [4.78, 5) is 4.35. The van der Waals surface area contributed by atoms with Gasteiger partial charge < -0.3 is 5.73 Å². The Labute approximate surface area is 116 Å². The van der Waals surface area contributed by atoms with Gasteiger partial charge in [0.1, 0.15) is 12.1 Å². The van der Waals surface area contributed by atoms with Gasteiger partial charge in [-0.25, -0.2) is 9.37 Å². The van der Waals surface area contributed by atoms with Gasteiger partial charge in [0.05, 0.1) is 16.7 Å². The first-order valence-corrected chi connectivity index (χ1v) is 6.53. The SMILES string of the molecule is Cc1cc2ncn(-c3ccc(CN)cc3F)c2cc1C. The molecule has 0 amide bonds. The maximum Gasteiger partial charge on any atom is 0.147 e. The minimum atomic E-state index is -0.287. The number of halogens is 1. The molecule has 2 aromatic carbocycles. The van der Waals surface area contributed by atoms with Gasteiger partial charge in [0, 0.05) is 6.54 Å². The minimum Gasteiger partial charge on any atom is -0.326 e. The first kappa shape index (κ1) is 12.8. The van der Waals surface area contributed by atoms with E-state index in [9.17, 15) is 4.39 Å². The van der Waals surface area contributed by atoms with Gasteiger partial charge in [0.15, 0.2) is 0 Å². The number of fused-ring (bicyclic) bond motifs is 1. The molecule has 0 atom stereocenters. The van der Waals surface area contributed by atoms with E-state index in [-0.39, 0.29) is 5.82 Å². The molecule has 0 fully saturated rings. The van der Waals surface area contributed by atoms with Crippen molar-refractivity contribution in [3.63, 3.8) is 0 Å². The van der Waals surface area contributed by atoms with E-state index in [1.807, 2.05) is 32.0 Å². The second-order valence-corrected chi connectivity index (χ2v) is 5.03. The summed E-state index contributed by atoms with van der Waals surface area (Å²) >= 11 is 0. The maximum atomic E-state index is 14.2. The fourth-order valence-corrected chi connectivity index (χ4v) is 2.33. The molecule has 20 heavy (non-hydrogen) atoms. The lowest BCUT2D eigenvalue weighted by atomic mass is 10.1. The number of imidazole rings is 1. The minimum absolute atomic E-state index is 0.287. The van der Waals surface area contributed by atoms with Crippen LogP contribution in [-0.2, 0) is 6.54 Å². The molecule has 1 aromatic heterocycles. The molecule has 0 radical (unpaired) electrons. The molecule has 1 heterocycles. The van der Waals surface area contributed by atoms with Crippen molar-refractivity contribution in [2.75, 3.05) is 0 Å². The van der Waals surface area contributed by atoms with Crippen molar-refractivity contribution in [1.29, 1.82) is 0 Å². The van der Waals surface area contributed by atoms with Crippen molar-refractivity contribution in [3.8, 4) is 5.69 Å². The van der Waals surface area contributed by atoms with Gasteiger partial charge in [-0.3, -0.25) is 4.57 Å². The van der Waals surface area contributed by atoms with Crippen LogP contribution in [0.5, 0.6) is 0 Å². The summed E-state index contributed by atoms with van der Waals surface area (Å²) in [5.41, 5.74) is 10.9. The molecule has 2 N–H and O–H groups in total. The van der Waals surface area contributed by atoms with Crippen molar-refractivity contribution in [3.05, 3.63) is 59.2 Å². The number of hydrogen-bond acceptors (Lipinski definition) is 2. The first-order valence-electron chi connectivity index (χ1n) is 6.53. The third kappa shape index (κ3) is 1.98. The monoisotopic (exact) mass is 269 g/mol. The number of benzene rings is 2. The van der Waals surface area contributed by atoms with E-state index in [4.69, 9.17) is 5.73 Å². The quantitative estimate of drug-likeness (QED) is 0.776. The number of nitrogens with two attached hydrogens (primary N) is 1. The van der Waals surface area contributed by atoms with Crippen LogP contribution in [0.2, 0.25) is 0 Å². The Morgan fingerprint density at radius 2 is 1.90 bits per heavy atom. The van der Waals surface area contributed by atoms with Gasteiger partial charge in [-0.15, -0.1) is 0 Å². The Bertz CT molecular complexity index is 790. The lowest BCUT2D eigenvalue weighted by Crippen LogP contribution is -2.01. The van der Waals surface area contributed by atoms with Crippen LogP contribution in [0, 0.1) is 19.7 Å². The van der Waals surface area contributed by atoms with E-state index in [1.165, 1.54) is 17.2 Å². The fourth-order valence-electron chi connectivity index (χ4n) is 2.33. The number of hydrogen-bond donors (Lipinski definition) is 1. The predicted octanol–water partition coefficient (Wildman–Crippen LogP) is 3.24. The van der Waals surface area contributed by atoms with Gasteiger partial charge in [-0.05, 0) is 54.8 Å². The highest BCUT2D eigenvalue weighted by Crippen LogP contribution is 2.23. The molecule has 0 saturated carbocycles. The largest absolute Gasteiger partial charge is 0.326 e. The van der Waals surface area contributed by atoms with E-state index in [0.29, 0.717) is 12.2 Å². The smallest absolute Gasteiger partial charge is 0.147 e. The summed E-state index contributed by atoms with van der Waals surface area (Å²) in [6, 6.07) is 9.11. The first-order chi connectivity index (χ1) is 9.60. The van der Waals surface area contributed by atoms with Gasteiger partial charge in [-0.1, -0.05) is 6.07 Å². The zero-order chi connectivity index (χ0) is 14.3.